The number of carboxylic acid groups (broad SMARTS) is 2. The van der Waals surface area contributed by atoms with E-state index in [-0.39, 0.29) is 0 Å². The quantitative estimate of drug-likeness (QED) is 0.229. The first kappa shape index (κ1) is 15.5. The maximum Gasteiger partial charge on any atom is 0.373 e. The molecule has 0 fully saturated rings. The van der Waals surface area contributed by atoms with Crippen LogP contribution >= 0.6 is 0 Å². The first-order chi connectivity index (χ1) is 8.04. The fraction of sp³-hybridized carbons (Fsp3) is 0.375. The van der Waals surface area contributed by atoms with Gasteiger partial charge in [-0.15, -0.1) is 0 Å². The molecule has 0 aromatic rings. The van der Waals surface area contributed by atoms with Gasteiger partial charge < -0.3 is 26.8 Å². The van der Waals surface area contributed by atoms with Gasteiger partial charge in [0.2, 0.25) is 11.8 Å². The Kier molecular flexibility index (Phi) is 4.50. The van der Waals surface area contributed by atoms with E-state index in [0.717, 1.165) is 0 Å². The minimum absolute atomic E-state index is 1.34. The largest absolute Gasteiger partial charge is 0.479 e. The van der Waals surface area contributed by atoms with Crippen LogP contribution < -0.4 is 11.5 Å². The molecule has 0 spiro atoms. The van der Waals surface area contributed by atoms with Gasteiger partial charge in [0.25, 0.3) is 5.78 Å². The van der Waals surface area contributed by atoms with Gasteiger partial charge >= 0.3 is 11.9 Å². The maximum atomic E-state index is 11.1. The molecule has 2 amide bonds. The molecule has 0 heterocycles. The third kappa shape index (κ3) is 3.01. The molecule has 2 atom stereocenters. The van der Waals surface area contributed by atoms with E-state index >= 15 is 0 Å². The summed E-state index contributed by atoms with van der Waals surface area (Å²) in [5, 5.41) is 26.7. The minimum Gasteiger partial charge on any atom is -0.479 e. The van der Waals surface area contributed by atoms with Crippen molar-refractivity contribution in [3.8, 4) is 0 Å². The maximum absolute atomic E-state index is 11.1. The van der Waals surface area contributed by atoms with Gasteiger partial charge in [0, 0.05) is 0 Å². The number of carbonyl (C=O) groups excluding carboxylic acids is 3. The lowest BCUT2D eigenvalue weighted by Gasteiger charge is -2.26. The van der Waals surface area contributed by atoms with Crippen LogP contribution in [0.4, 0.5) is 0 Å². The predicted octanol–water partition coefficient (Wildman–Crippen LogP) is -3.57. The highest BCUT2D eigenvalue weighted by Gasteiger charge is 2.54. The molecular formula is C8H10N2O8. The molecular weight excluding hydrogens is 252 g/mol. The zero-order valence-electron chi connectivity index (χ0n) is 8.82. The number of nitrogens with two attached hydrogens (primary N) is 2. The second-order valence-electron chi connectivity index (χ2n) is 3.38. The summed E-state index contributed by atoms with van der Waals surface area (Å²) in [4.78, 5) is 54.0. The monoisotopic (exact) mass is 262 g/mol. The highest BCUT2D eigenvalue weighted by Crippen LogP contribution is 2.23. The molecule has 0 aliphatic heterocycles. The van der Waals surface area contributed by atoms with E-state index < -0.39 is 47.5 Å². The number of carboxylic acids is 2. The van der Waals surface area contributed by atoms with Crippen LogP contribution in [0.2, 0.25) is 0 Å². The van der Waals surface area contributed by atoms with Crippen LogP contribution in [0.5, 0.6) is 0 Å². The number of rotatable bonds is 7. The van der Waals surface area contributed by atoms with Crippen molar-refractivity contribution in [2.45, 2.75) is 12.0 Å². The zero-order valence-corrected chi connectivity index (χ0v) is 8.82. The Labute approximate surface area is 99.2 Å². The number of hydrogen-bond acceptors (Lipinski definition) is 6. The van der Waals surface area contributed by atoms with E-state index in [1.54, 1.807) is 0 Å². The average Bonchev–Trinajstić information content (AvgIpc) is 2.14. The Bertz CT molecular complexity index is 431. The molecule has 0 rings (SSSR count). The van der Waals surface area contributed by atoms with Gasteiger partial charge in [0.05, 0.1) is 6.42 Å². The molecule has 7 N–H and O–H groups in total. The van der Waals surface area contributed by atoms with Gasteiger partial charge in [-0.25, -0.2) is 9.59 Å². The summed E-state index contributed by atoms with van der Waals surface area (Å²) in [6.45, 7) is 0. The molecule has 10 heteroatoms. The highest BCUT2D eigenvalue weighted by atomic mass is 16.4. The second kappa shape index (κ2) is 5.23. The van der Waals surface area contributed by atoms with Gasteiger partial charge in [-0.2, -0.15) is 0 Å². The summed E-state index contributed by atoms with van der Waals surface area (Å²) in [6, 6.07) is 0. The van der Waals surface area contributed by atoms with Gasteiger partial charge in [-0.3, -0.25) is 14.4 Å². The van der Waals surface area contributed by atoms with E-state index in [2.05, 4.69) is 11.5 Å². The standard InChI is InChI=1S/C8H10N2O8/c9-2(11)1-8(18,7(16)17)3(5(10)13)4(12)6(14)15/h3,18H,1H2,(H2,9,11)(H2,10,13)(H,14,15)(H,16,17). The molecule has 0 saturated carbocycles. The van der Waals surface area contributed by atoms with Crippen LogP contribution in [0.3, 0.4) is 0 Å². The van der Waals surface area contributed by atoms with Crippen LogP contribution in [0.1, 0.15) is 6.42 Å². The topological polar surface area (TPSA) is 198 Å². The van der Waals surface area contributed by atoms with Gasteiger partial charge in [0.1, 0.15) is 5.92 Å². The first-order valence-corrected chi connectivity index (χ1v) is 4.34. The molecule has 0 aromatic carbocycles. The molecule has 0 aromatic heterocycles. The Hall–Kier alpha value is -2.49. The van der Waals surface area contributed by atoms with E-state index in [0.29, 0.717) is 0 Å². The molecule has 0 saturated heterocycles. The van der Waals surface area contributed by atoms with Crippen molar-refractivity contribution >= 4 is 29.5 Å². The van der Waals surface area contributed by atoms with Crippen molar-refractivity contribution in [1.82, 2.24) is 0 Å². The normalized spacial score (nSPS) is 15.2. The number of primary amides is 2. The second-order valence-corrected chi connectivity index (χ2v) is 3.38. The lowest BCUT2D eigenvalue weighted by molar-refractivity contribution is -0.175. The minimum atomic E-state index is -3.30. The van der Waals surface area contributed by atoms with E-state index in [1.165, 1.54) is 0 Å². The van der Waals surface area contributed by atoms with Gasteiger partial charge in [-0.05, 0) is 0 Å². The fourth-order valence-corrected chi connectivity index (χ4v) is 1.27. The van der Waals surface area contributed by atoms with Crippen LogP contribution in [0, 0.1) is 5.92 Å². The molecule has 0 radical (unpaired) electrons. The Morgan fingerprint density at radius 1 is 1.06 bits per heavy atom. The summed E-state index contributed by atoms with van der Waals surface area (Å²) in [7, 11) is 0. The zero-order chi connectivity index (χ0) is 14.7. The smallest absolute Gasteiger partial charge is 0.373 e. The van der Waals surface area contributed by atoms with Gasteiger partial charge in [0.15, 0.2) is 5.60 Å². The van der Waals surface area contributed by atoms with Crippen LogP contribution in [-0.4, -0.2) is 50.5 Å². The molecule has 0 bridgehead atoms. The number of aliphatic carboxylic acids is 2. The molecule has 2 unspecified atom stereocenters. The summed E-state index contributed by atoms with van der Waals surface area (Å²) < 4.78 is 0. The molecule has 100 valence electrons. The number of aliphatic hydroxyl groups is 1. The number of Topliss-reactive ketones (excluding diaryl/α,β-unsaturated/α-hetero) is 1. The summed E-state index contributed by atoms with van der Waals surface area (Å²) in [5.74, 6) is -12.0. The van der Waals surface area contributed by atoms with Gasteiger partial charge in [-0.1, -0.05) is 0 Å². The fourth-order valence-electron chi connectivity index (χ4n) is 1.27. The number of hydrogen-bond donors (Lipinski definition) is 5. The van der Waals surface area contributed by atoms with Crippen LogP contribution in [0.25, 0.3) is 0 Å². The molecule has 0 aliphatic rings. The summed E-state index contributed by atoms with van der Waals surface area (Å²) in [6.07, 6.45) is -1.34. The van der Waals surface area contributed by atoms with Crippen molar-refractivity contribution in [3.05, 3.63) is 0 Å². The summed E-state index contributed by atoms with van der Waals surface area (Å²) in [5.41, 5.74) is 6.04. The van der Waals surface area contributed by atoms with E-state index in [4.69, 9.17) is 10.2 Å². The lowest BCUT2D eigenvalue weighted by Crippen LogP contribution is -2.57. The van der Waals surface area contributed by atoms with Crippen molar-refractivity contribution in [2.75, 3.05) is 0 Å². The SMILES string of the molecule is NC(=O)CC(O)(C(=O)O)C(C(N)=O)C(=O)C(=O)O. The van der Waals surface area contributed by atoms with Crippen molar-refractivity contribution in [1.29, 1.82) is 0 Å². The highest BCUT2D eigenvalue weighted by molar-refractivity contribution is 6.38. The lowest BCUT2D eigenvalue weighted by atomic mass is 9.80. The Morgan fingerprint density at radius 3 is 1.72 bits per heavy atom. The molecule has 10 nitrogen and oxygen atoms in total. The molecule has 18 heavy (non-hydrogen) atoms. The van der Waals surface area contributed by atoms with Crippen LogP contribution in [0.15, 0.2) is 0 Å². The number of amides is 2. The third-order valence-corrected chi connectivity index (χ3v) is 2.05. The molecule has 0 aliphatic carbocycles. The van der Waals surface area contributed by atoms with E-state index in [1.807, 2.05) is 0 Å². The Balaban J connectivity index is 5.73. The van der Waals surface area contributed by atoms with E-state index in [9.17, 15) is 29.1 Å². The number of carbonyl (C=O) groups is 5. The van der Waals surface area contributed by atoms with Crippen molar-refractivity contribution < 1.29 is 39.3 Å². The van der Waals surface area contributed by atoms with Crippen molar-refractivity contribution in [2.24, 2.45) is 17.4 Å². The Morgan fingerprint density at radius 2 is 1.50 bits per heavy atom. The van der Waals surface area contributed by atoms with Crippen molar-refractivity contribution in [3.63, 3.8) is 0 Å². The average molecular weight is 262 g/mol. The predicted molar refractivity (Wildman–Crippen MR) is 51.7 cm³/mol. The number of ketones is 1. The summed E-state index contributed by atoms with van der Waals surface area (Å²) >= 11 is 0. The van der Waals surface area contributed by atoms with Crippen LogP contribution in [-0.2, 0) is 24.0 Å². The first-order valence-electron chi connectivity index (χ1n) is 4.34. The third-order valence-electron chi connectivity index (χ3n) is 2.05.